The zero-order chi connectivity index (χ0) is 18.0. The number of esters is 1. The van der Waals surface area contributed by atoms with Gasteiger partial charge in [-0.1, -0.05) is 71.6 Å². The molecule has 4 nitrogen and oxygen atoms in total. The number of carboxylic acids is 1. The van der Waals surface area contributed by atoms with E-state index in [1.165, 1.54) is 19.3 Å². The number of hydrogen-bond donors (Lipinski definition) is 1. The lowest BCUT2D eigenvalue weighted by Crippen LogP contribution is -2.18. The number of aliphatic carboxylic acids is 1. The van der Waals surface area contributed by atoms with E-state index in [-0.39, 0.29) is 18.3 Å². The summed E-state index contributed by atoms with van der Waals surface area (Å²) in [6.07, 6.45) is 13.8. The number of unbranched alkanes of at least 4 members (excludes halogenated alkanes) is 8. The first kappa shape index (κ1) is 22.9. The molecule has 0 aliphatic heterocycles. The highest BCUT2D eigenvalue weighted by molar-refractivity contribution is 5.72. The van der Waals surface area contributed by atoms with Crippen molar-refractivity contribution in [1.82, 2.24) is 0 Å². The Bertz CT molecular complexity index is 315. The number of hydrogen-bond acceptors (Lipinski definition) is 3. The lowest BCUT2D eigenvalue weighted by atomic mass is 9.95. The summed E-state index contributed by atoms with van der Waals surface area (Å²) in [4.78, 5) is 22.6. The fraction of sp³-hybridized carbons (Fsp3) is 0.900. The molecule has 0 aromatic heterocycles. The number of ether oxygens (including phenoxy) is 1. The van der Waals surface area contributed by atoms with E-state index >= 15 is 0 Å². The highest BCUT2D eigenvalue weighted by Gasteiger charge is 2.18. The van der Waals surface area contributed by atoms with Gasteiger partial charge in [-0.15, -0.1) is 0 Å². The van der Waals surface area contributed by atoms with Crippen molar-refractivity contribution in [2.75, 3.05) is 6.61 Å². The Hall–Kier alpha value is -1.06. The summed E-state index contributed by atoms with van der Waals surface area (Å²) < 4.78 is 5.47. The third-order valence-electron chi connectivity index (χ3n) is 4.42. The van der Waals surface area contributed by atoms with Crippen molar-refractivity contribution >= 4 is 11.9 Å². The molecule has 0 aromatic rings. The molecular formula is C20H38O4. The SMILES string of the molecule is CCCCCCC(CCCC)C(=O)OCCCCCCCC(=O)O. The number of rotatable bonds is 17. The topological polar surface area (TPSA) is 63.6 Å². The number of carbonyl (C=O) groups excluding carboxylic acids is 1. The molecule has 0 radical (unpaired) electrons. The lowest BCUT2D eigenvalue weighted by Gasteiger charge is -2.15. The van der Waals surface area contributed by atoms with Gasteiger partial charge in [0.15, 0.2) is 0 Å². The van der Waals surface area contributed by atoms with Crippen LogP contribution < -0.4 is 0 Å². The Morgan fingerprint density at radius 1 is 0.792 bits per heavy atom. The Balaban J connectivity index is 3.77. The second-order valence-electron chi connectivity index (χ2n) is 6.77. The quantitative estimate of drug-likeness (QED) is 0.271. The van der Waals surface area contributed by atoms with E-state index in [0.29, 0.717) is 6.61 Å². The Morgan fingerprint density at radius 2 is 1.38 bits per heavy atom. The zero-order valence-corrected chi connectivity index (χ0v) is 15.9. The van der Waals surface area contributed by atoms with Gasteiger partial charge >= 0.3 is 11.9 Å². The van der Waals surface area contributed by atoms with E-state index in [1.807, 2.05) is 0 Å². The van der Waals surface area contributed by atoms with E-state index in [0.717, 1.165) is 64.2 Å². The first-order valence-corrected chi connectivity index (χ1v) is 10.00. The third kappa shape index (κ3) is 14.5. The van der Waals surface area contributed by atoms with Crippen LogP contribution in [0.2, 0.25) is 0 Å². The lowest BCUT2D eigenvalue weighted by molar-refractivity contribution is -0.149. The van der Waals surface area contributed by atoms with Crippen LogP contribution in [0.3, 0.4) is 0 Å². The summed E-state index contributed by atoms with van der Waals surface area (Å²) in [5, 5.41) is 8.56. The van der Waals surface area contributed by atoms with Gasteiger partial charge in [-0.3, -0.25) is 9.59 Å². The molecule has 0 spiro atoms. The summed E-state index contributed by atoms with van der Waals surface area (Å²) in [6, 6.07) is 0. The monoisotopic (exact) mass is 342 g/mol. The largest absolute Gasteiger partial charge is 0.481 e. The molecule has 1 N–H and O–H groups in total. The Morgan fingerprint density at radius 3 is 2.04 bits per heavy atom. The maximum absolute atomic E-state index is 12.2. The van der Waals surface area contributed by atoms with E-state index in [2.05, 4.69) is 13.8 Å². The van der Waals surface area contributed by atoms with Gasteiger partial charge in [0.2, 0.25) is 0 Å². The minimum absolute atomic E-state index is 0.00849. The van der Waals surface area contributed by atoms with Gasteiger partial charge in [-0.2, -0.15) is 0 Å². The molecule has 0 saturated carbocycles. The Kier molecular flexibility index (Phi) is 16.0. The molecule has 1 atom stereocenters. The minimum Gasteiger partial charge on any atom is -0.481 e. The van der Waals surface area contributed by atoms with Gasteiger partial charge in [0.25, 0.3) is 0 Å². The van der Waals surface area contributed by atoms with Crippen LogP contribution in [-0.2, 0) is 14.3 Å². The summed E-state index contributed by atoms with van der Waals surface area (Å²) in [7, 11) is 0. The standard InChI is InChI=1S/C20H38O4/c1-3-5-7-11-15-18(14-6-4-2)20(23)24-17-13-10-8-9-12-16-19(21)22/h18H,3-17H2,1-2H3,(H,21,22). The molecular weight excluding hydrogens is 304 g/mol. The molecule has 142 valence electrons. The Labute approximate surface area is 148 Å². The molecule has 0 amide bonds. The molecule has 0 heterocycles. The minimum atomic E-state index is -0.721. The molecule has 0 fully saturated rings. The fourth-order valence-electron chi connectivity index (χ4n) is 2.85. The molecule has 24 heavy (non-hydrogen) atoms. The predicted octanol–water partition coefficient (Wildman–Crippen LogP) is 5.73. The molecule has 0 aliphatic carbocycles. The predicted molar refractivity (Wildman–Crippen MR) is 98.1 cm³/mol. The normalized spacial score (nSPS) is 12.1. The fourth-order valence-corrected chi connectivity index (χ4v) is 2.85. The van der Waals surface area contributed by atoms with Crippen molar-refractivity contribution in [3.05, 3.63) is 0 Å². The second-order valence-corrected chi connectivity index (χ2v) is 6.77. The number of carbonyl (C=O) groups is 2. The molecule has 0 aromatic carbocycles. The van der Waals surface area contributed by atoms with Gasteiger partial charge < -0.3 is 9.84 Å². The van der Waals surface area contributed by atoms with Gasteiger partial charge in [-0.25, -0.2) is 0 Å². The van der Waals surface area contributed by atoms with E-state index in [1.54, 1.807) is 0 Å². The van der Waals surface area contributed by atoms with Crippen molar-refractivity contribution in [3.8, 4) is 0 Å². The molecule has 0 rings (SSSR count). The molecule has 0 aliphatic rings. The van der Waals surface area contributed by atoms with Crippen molar-refractivity contribution in [2.24, 2.45) is 5.92 Å². The second kappa shape index (κ2) is 16.8. The van der Waals surface area contributed by atoms with E-state index < -0.39 is 5.97 Å². The van der Waals surface area contributed by atoms with Crippen molar-refractivity contribution in [3.63, 3.8) is 0 Å². The first-order valence-electron chi connectivity index (χ1n) is 10.00. The van der Waals surface area contributed by atoms with Gasteiger partial charge in [0, 0.05) is 6.42 Å². The van der Waals surface area contributed by atoms with Gasteiger partial charge in [0.05, 0.1) is 12.5 Å². The summed E-state index contributed by atoms with van der Waals surface area (Å²) in [6.45, 7) is 4.86. The van der Waals surface area contributed by atoms with Crippen LogP contribution in [0.4, 0.5) is 0 Å². The third-order valence-corrected chi connectivity index (χ3v) is 4.42. The van der Waals surface area contributed by atoms with Crippen LogP contribution in [0.1, 0.15) is 104 Å². The van der Waals surface area contributed by atoms with Crippen molar-refractivity contribution in [1.29, 1.82) is 0 Å². The first-order chi connectivity index (χ1) is 11.6. The average molecular weight is 343 g/mol. The molecule has 0 bridgehead atoms. The van der Waals surface area contributed by atoms with Crippen LogP contribution in [0.25, 0.3) is 0 Å². The maximum atomic E-state index is 12.2. The van der Waals surface area contributed by atoms with Crippen LogP contribution in [-0.4, -0.2) is 23.7 Å². The summed E-state index contributed by atoms with van der Waals surface area (Å²) >= 11 is 0. The van der Waals surface area contributed by atoms with Crippen molar-refractivity contribution in [2.45, 2.75) is 104 Å². The molecule has 4 heteroatoms. The summed E-state index contributed by atoms with van der Waals surface area (Å²) in [5.74, 6) is -0.649. The number of carboxylic acid groups (broad SMARTS) is 1. The van der Waals surface area contributed by atoms with Gasteiger partial charge in [-0.05, 0) is 25.7 Å². The maximum Gasteiger partial charge on any atom is 0.308 e. The highest BCUT2D eigenvalue weighted by Crippen LogP contribution is 2.19. The van der Waals surface area contributed by atoms with Crippen LogP contribution in [0.15, 0.2) is 0 Å². The molecule has 0 saturated heterocycles. The van der Waals surface area contributed by atoms with Crippen LogP contribution in [0, 0.1) is 5.92 Å². The summed E-state index contributed by atoms with van der Waals surface area (Å²) in [5.41, 5.74) is 0. The van der Waals surface area contributed by atoms with Crippen molar-refractivity contribution < 1.29 is 19.4 Å². The van der Waals surface area contributed by atoms with E-state index in [9.17, 15) is 9.59 Å². The van der Waals surface area contributed by atoms with Crippen LogP contribution in [0.5, 0.6) is 0 Å². The smallest absolute Gasteiger partial charge is 0.308 e. The average Bonchev–Trinajstić information content (AvgIpc) is 2.56. The molecule has 1 unspecified atom stereocenters. The van der Waals surface area contributed by atoms with Gasteiger partial charge in [0.1, 0.15) is 0 Å². The van der Waals surface area contributed by atoms with Crippen LogP contribution >= 0.6 is 0 Å². The zero-order valence-electron chi connectivity index (χ0n) is 15.9. The highest BCUT2D eigenvalue weighted by atomic mass is 16.5. The van der Waals surface area contributed by atoms with E-state index in [4.69, 9.17) is 9.84 Å².